The Morgan fingerprint density at radius 1 is 1.21 bits per heavy atom. The van der Waals surface area contributed by atoms with Gasteiger partial charge in [-0.05, 0) is 31.2 Å². The van der Waals surface area contributed by atoms with E-state index < -0.39 is 11.8 Å². The molecular weight excluding hydrogens is 330 g/mol. The number of thiazole rings is 1. The standard InChI is InChI=1S/C16H17N3O4S/c1-4-23-15(22)13(20)12-9-24-16(17-12)18-14(21)10-5-7-11(8-6-10)19(2)3/h5-9H,4H2,1-3H3,(H,17,18,21). The van der Waals surface area contributed by atoms with Crippen LogP contribution in [0.5, 0.6) is 0 Å². The molecule has 0 saturated heterocycles. The van der Waals surface area contributed by atoms with Crippen molar-refractivity contribution in [2.75, 3.05) is 30.9 Å². The third kappa shape index (κ3) is 4.17. The van der Waals surface area contributed by atoms with Gasteiger partial charge in [-0.15, -0.1) is 11.3 Å². The molecule has 0 unspecified atom stereocenters. The molecule has 1 N–H and O–H groups in total. The van der Waals surface area contributed by atoms with Gasteiger partial charge in [-0.25, -0.2) is 9.78 Å². The molecule has 1 heterocycles. The van der Waals surface area contributed by atoms with E-state index in [0.29, 0.717) is 5.56 Å². The number of hydrogen-bond acceptors (Lipinski definition) is 7. The lowest BCUT2D eigenvalue weighted by molar-refractivity contribution is -0.137. The van der Waals surface area contributed by atoms with Gasteiger partial charge in [-0.1, -0.05) is 0 Å². The van der Waals surface area contributed by atoms with Gasteiger partial charge in [-0.3, -0.25) is 14.9 Å². The van der Waals surface area contributed by atoms with Crippen LogP contribution in [0.1, 0.15) is 27.8 Å². The molecule has 7 nitrogen and oxygen atoms in total. The Labute approximate surface area is 143 Å². The molecule has 0 aliphatic heterocycles. The van der Waals surface area contributed by atoms with Crippen molar-refractivity contribution in [1.82, 2.24) is 4.98 Å². The van der Waals surface area contributed by atoms with Gasteiger partial charge < -0.3 is 9.64 Å². The fourth-order valence-corrected chi connectivity index (χ4v) is 2.50. The van der Waals surface area contributed by atoms with E-state index in [-0.39, 0.29) is 23.3 Å². The topological polar surface area (TPSA) is 88.6 Å². The van der Waals surface area contributed by atoms with Crippen LogP contribution in [0.3, 0.4) is 0 Å². The molecule has 0 saturated carbocycles. The minimum Gasteiger partial charge on any atom is -0.460 e. The molecule has 2 rings (SSSR count). The summed E-state index contributed by atoms with van der Waals surface area (Å²) in [4.78, 5) is 41.2. The Bertz CT molecular complexity index is 753. The second-order valence-corrected chi connectivity index (χ2v) is 5.84. The normalized spacial score (nSPS) is 10.1. The molecule has 2 aromatic rings. The van der Waals surface area contributed by atoms with E-state index >= 15 is 0 Å². The zero-order valence-electron chi connectivity index (χ0n) is 13.5. The molecule has 1 amide bonds. The highest BCUT2D eigenvalue weighted by Gasteiger charge is 2.21. The number of anilines is 2. The van der Waals surface area contributed by atoms with Crippen LogP contribution in [0.4, 0.5) is 10.8 Å². The number of hydrogen-bond donors (Lipinski definition) is 1. The monoisotopic (exact) mass is 347 g/mol. The number of ether oxygens (including phenoxy) is 1. The molecule has 0 bridgehead atoms. The van der Waals surface area contributed by atoms with Crippen molar-refractivity contribution in [3.63, 3.8) is 0 Å². The van der Waals surface area contributed by atoms with Crippen molar-refractivity contribution in [3.05, 3.63) is 40.9 Å². The zero-order chi connectivity index (χ0) is 17.7. The second kappa shape index (κ2) is 7.69. The van der Waals surface area contributed by atoms with Crippen molar-refractivity contribution in [2.24, 2.45) is 0 Å². The molecule has 0 fully saturated rings. The largest absolute Gasteiger partial charge is 0.460 e. The van der Waals surface area contributed by atoms with E-state index in [9.17, 15) is 14.4 Å². The molecule has 126 valence electrons. The number of ketones is 1. The molecule has 0 aliphatic carbocycles. The molecule has 24 heavy (non-hydrogen) atoms. The highest BCUT2D eigenvalue weighted by atomic mass is 32.1. The van der Waals surface area contributed by atoms with Gasteiger partial charge in [0.05, 0.1) is 6.61 Å². The number of amides is 1. The number of nitrogens with zero attached hydrogens (tertiary/aromatic N) is 2. The maximum absolute atomic E-state index is 12.2. The average Bonchev–Trinajstić information content (AvgIpc) is 3.02. The van der Waals surface area contributed by atoms with Crippen LogP contribution >= 0.6 is 11.3 Å². The van der Waals surface area contributed by atoms with E-state index in [1.807, 2.05) is 31.1 Å². The third-order valence-corrected chi connectivity index (χ3v) is 3.82. The highest BCUT2D eigenvalue weighted by Crippen LogP contribution is 2.18. The fourth-order valence-electron chi connectivity index (χ4n) is 1.82. The number of Topliss-reactive ketones (excluding diaryl/α,β-unsaturated/α-hetero) is 1. The Hall–Kier alpha value is -2.74. The molecule has 0 atom stereocenters. The number of carbonyl (C=O) groups is 3. The first-order chi connectivity index (χ1) is 11.4. The minimum absolute atomic E-state index is 0.0447. The summed E-state index contributed by atoms with van der Waals surface area (Å²) in [6.45, 7) is 1.72. The first-order valence-corrected chi connectivity index (χ1v) is 8.06. The molecular formula is C16H17N3O4S. The Morgan fingerprint density at radius 3 is 2.46 bits per heavy atom. The number of esters is 1. The van der Waals surface area contributed by atoms with Gasteiger partial charge in [0.1, 0.15) is 5.69 Å². The minimum atomic E-state index is -0.958. The lowest BCUT2D eigenvalue weighted by Gasteiger charge is -2.12. The lowest BCUT2D eigenvalue weighted by Crippen LogP contribution is -2.18. The lowest BCUT2D eigenvalue weighted by atomic mass is 10.2. The molecule has 8 heteroatoms. The van der Waals surface area contributed by atoms with Gasteiger partial charge in [0, 0.05) is 30.7 Å². The first-order valence-electron chi connectivity index (χ1n) is 7.18. The number of benzene rings is 1. The quantitative estimate of drug-likeness (QED) is 0.490. The smallest absolute Gasteiger partial charge is 0.381 e. The van der Waals surface area contributed by atoms with Gasteiger partial charge in [0.2, 0.25) is 0 Å². The summed E-state index contributed by atoms with van der Waals surface area (Å²) in [5.74, 6) is -2.13. The second-order valence-electron chi connectivity index (χ2n) is 4.98. The summed E-state index contributed by atoms with van der Waals surface area (Å²) >= 11 is 1.06. The van der Waals surface area contributed by atoms with E-state index in [1.54, 1.807) is 19.1 Å². The summed E-state index contributed by atoms with van der Waals surface area (Å²) in [7, 11) is 3.82. The van der Waals surface area contributed by atoms with Crippen LogP contribution in [0, 0.1) is 0 Å². The fraction of sp³-hybridized carbons (Fsp3) is 0.250. The maximum atomic E-state index is 12.2. The SMILES string of the molecule is CCOC(=O)C(=O)c1csc(NC(=O)c2ccc(N(C)C)cc2)n1. The number of nitrogens with one attached hydrogen (secondary N) is 1. The predicted molar refractivity (Wildman–Crippen MR) is 91.8 cm³/mol. The van der Waals surface area contributed by atoms with Crippen LogP contribution in [-0.2, 0) is 9.53 Å². The predicted octanol–water partition coefficient (Wildman–Crippen LogP) is 2.21. The summed E-state index contributed by atoms with van der Waals surface area (Å²) in [6, 6.07) is 7.05. The highest BCUT2D eigenvalue weighted by molar-refractivity contribution is 7.14. The Kier molecular flexibility index (Phi) is 5.64. The van der Waals surface area contributed by atoms with Gasteiger partial charge in [0.15, 0.2) is 5.13 Å². The van der Waals surface area contributed by atoms with Crippen LogP contribution < -0.4 is 10.2 Å². The van der Waals surface area contributed by atoms with Crippen LogP contribution in [0.2, 0.25) is 0 Å². The van der Waals surface area contributed by atoms with Crippen molar-refractivity contribution in [3.8, 4) is 0 Å². The first kappa shape index (κ1) is 17.6. The van der Waals surface area contributed by atoms with E-state index in [0.717, 1.165) is 17.0 Å². The summed E-state index contributed by atoms with van der Waals surface area (Å²) in [5.41, 5.74) is 1.40. The number of rotatable bonds is 6. The summed E-state index contributed by atoms with van der Waals surface area (Å²) in [6.07, 6.45) is 0. The van der Waals surface area contributed by atoms with Crippen molar-refractivity contribution < 1.29 is 19.1 Å². The van der Waals surface area contributed by atoms with E-state index in [2.05, 4.69) is 15.0 Å². The van der Waals surface area contributed by atoms with Crippen molar-refractivity contribution in [2.45, 2.75) is 6.92 Å². The summed E-state index contributed by atoms with van der Waals surface area (Å²) in [5, 5.41) is 4.25. The Balaban J connectivity index is 2.05. The van der Waals surface area contributed by atoms with Crippen LogP contribution in [0.15, 0.2) is 29.6 Å². The van der Waals surface area contributed by atoms with E-state index in [4.69, 9.17) is 0 Å². The van der Waals surface area contributed by atoms with Crippen molar-refractivity contribution >= 4 is 39.8 Å². The van der Waals surface area contributed by atoms with Gasteiger partial charge in [0.25, 0.3) is 11.7 Å². The Morgan fingerprint density at radius 2 is 1.88 bits per heavy atom. The molecule has 0 radical (unpaired) electrons. The third-order valence-electron chi connectivity index (χ3n) is 3.06. The molecule has 1 aromatic carbocycles. The van der Waals surface area contributed by atoms with Gasteiger partial charge >= 0.3 is 5.97 Å². The van der Waals surface area contributed by atoms with Crippen LogP contribution in [-0.4, -0.2) is 43.3 Å². The zero-order valence-corrected chi connectivity index (χ0v) is 14.3. The number of carbonyl (C=O) groups excluding carboxylic acids is 3. The molecule has 1 aromatic heterocycles. The van der Waals surface area contributed by atoms with Gasteiger partial charge in [-0.2, -0.15) is 0 Å². The number of aromatic nitrogens is 1. The maximum Gasteiger partial charge on any atom is 0.381 e. The van der Waals surface area contributed by atoms with E-state index in [1.165, 1.54) is 5.38 Å². The average molecular weight is 347 g/mol. The van der Waals surface area contributed by atoms with Crippen LogP contribution in [0.25, 0.3) is 0 Å². The summed E-state index contributed by atoms with van der Waals surface area (Å²) < 4.78 is 4.63. The van der Waals surface area contributed by atoms with Crippen molar-refractivity contribution in [1.29, 1.82) is 0 Å². The molecule has 0 spiro atoms. The molecule has 0 aliphatic rings.